The van der Waals surface area contributed by atoms with Crippen molar-refractivity contribution in [1.82, 2.24) is 19.6 Å². The number of aliphatic carboxylic acids is 4. The van der Waals surface area contributed by atoms with Crippen LogP contribution in [0.2, 0.25) is 0 Å². The van der Waals surface area contributed by atoms with Crippen LogP contribution in [-0.4, -0.2) is 142 Å². The van der Waals surface area contributed by atoms with Crippen LogP contribution >= 0.6 is 11.8 Å². The van der Waals surface area contributed by atoms with Gasteiger partial charge in [0.15, 0.2) is 0 Å². The van der Waals surface area contributed by atoms with E-state index in [-0.39, 0.29) is 78.4 Å². The molecule has 1 fully saturated rings. The second kappa shape index (κ2) is 16.7. The van der Waals surface area contributed by atoms with E-state index in [4.69, 9.17) is 5.26 Å². The molecule has 0 aromatic heterocycles. The predicted octanol–water partition coefficient (Wildman–Crippen LogP) is 0.121. The van der Waals surface area contributed by atoms with Gasteiger partial charge in [-0.25, -0.2) is 0 Å². The lowest BCUT2D eigenvalue weighted by Crippen LogP contribution is -2.51. The minimum atomic E-state index is -1.04. The first-order valence-corrected chi connectivity index (χ1v) is 13.3. The van der Waals surface area contributed by atoms with Gasteiger partial charge in [0.2, 0.25) is 0 Å². The van der Waals surface area contributed by atoms with Gasteiger partial charge in [0.25, 0.3) is 0 Å². The normalized spacial score (nSPS) is 17.8. The van der Waals surface area contributed by atoms with Crippen molar-refractivity contribution in [2.75, 3.05) is 72.0 Å². The fourth-order valence-corrected chi connectivity index (χ4v) is 4.83. The van der Waals surface area contributed by atoms with Crippen LogP contribution in [0.4, 0.5) is 0 Å². The van der Waals surface area contributed by atoms with Crippen LogP contribution in [0.15, 0.2) is 29.2 Å². The van der Waals surface area contributed by atoms with E-state index in [1.807, 2.05) is 17.5 Å². The Morgan fingerprint density at radius 2 is 1.15 bits per heavy atom. The van der Waals surface area contributed by atoms with Gasteiger partial charge in [-0.05, 0) is 42.3 Å². The maximum atomic E-state index is 12.3. The maximum Gasteiger partial charge on any atom is 0.320 e. The Hall–Kier alpha value is -3.22. The molecule has 14 heteroatoms. The van der Waals surface area contributed by atoms with Crippen LogP contribution in [0.3, 0.4) is 0 Å². The number of carboxylic acid groups (broad SMARTS) is 4. The zero-order valence-corrected chi connectivity index (χ0v) is 22.5. The molecule has 1 aliphatic rings. The number of rotatable bonds is 12. The Morgan fingerprint density at radius 3 is 1.51 bits per heavy atom. The number of carbonyl (C=O) groups is 4. The molecule has 1 saturated heterocycles. The largest absolute Gasteiger partial charge is 0.480 e. The first-order valence-electron chi connectivity index (χ1n) is 12.5. The minimum absolute atomic E-state index is 0.238. The molecule has 1 atom stereocenters. The molecule has 13 nitrogen and oxygen atoms in total. The zero-order valence-electron chi connectivity index (χ0n) is 21.6. The van der Waals surface area contributed by atoms with Gasteiger partial charge in [0.1, 0.15) is 11.4 Å². The summed E-state index contributed by atoms with van der Waals surface area (Å²) < 4.78 is 0. The number of carboxylic acids is 4. The van der Waals surface area contributed by atoms with Crippen LogP contribution in [-0.2, 0) is 25.6 Å². The van der Waals surface area contributed by atoms with E-state index < -0.39 is 29.9 Å². The summed E-state index contributed by atoms with van der Waals surface area (Å²) in [6.45, 7) is 1.22. The van der Waals surface area contributed by atoms with E-state index in [2.05, 4.69) is 0 Å². The first-order chi connectivity index (χ1) is 18.6. The Kier molecular flexibility index (Phi) is 13.7. The van der Waals surface area contributed by atoms with Crippen molar-refractivity contribution in [3.8, 4) is 5.40 Å². The summed E-state index contributed by atoms with van der Waals surface area (Å²) in [7, 11) is 0. The van der Waals surface area contributed by atoms with Crippen molar-refractivity contribution in [3.63, 3.8) is 0 Å². The minimum Gasteiger partial charge on any atom is -0.480 e. The summed E-state index contributed by atoms with van der Waals surface area (Å²) in [6.07, 6.45) is 0.747. The van der Waals surface area contributed by atoms with Crippen LogP contribution in [0.5, 0.6) is 0 Å². The highest BCUT2D eigenvalue weighted by Gasteiger charge is 2.28. The van der Waals surface area contributed by atoms with Crippen molar-refractivity contribution in [2.24, 2.45) is 0 Å². The third-order valence-electron chi connectivity index (χ3n) is 6.47. The number of nitrogens with zero attached hydrogens (tertiary/aromatic N) is 5. The molecule has 4 N–H and O–H groups in total. The van der Waals surface area contributed by atoms with E-state index in [9.17, 15) is 39.6 Å². The molecule has 0 saturated carbocycles. The number of thioether (sulfide) groups is 1. The topological polar surface area (TPSA) is 186 Å². The molecule has 0 amide bonds. The first kappa shape index (κ1) is 32.0. The molecule has 1 aromatic rings. The Labute approximate surface area is 231 Å². The predicted molar refractivity (Wildman–Crippen MR) is 141 cm³/mol. The molecule has 0 aliphatic carbocycles. The van der Waals surface area contributed by atoms with Gasteiger partial charge in [0, 0.05) is 57.3 Å². The summed E-state index contributed by atoms with van der Waals surface area (Å²) in [5.74, 6) is -4.15. The van der Waals surface area contributed by atoms with Crippen LogP contribution in [0.25, 0.3) is 0 Å². The third kappa shape index (κ3) is 12.5. The summed E-state index contributed by atoms with van der Waals surface area (Å²) in [4.78, 5) is 54.1. The van der Waals surface area contributed by atoms with Crippen LogP contribution in [0, 0.1) is 10.7 Å². The molecular weight excluding hydrogens is 530 g/mol. The van der Waals surface area contributed by atoms with E-state index in [0.29, 0.717) is 6.42 Å². The molecule has 2 rings (SSSR count). The zero-order chi connectivity index (χ0) is 28.8. The molecule has 1 unspecified atom stereocenters. The van der Waals surface area contributed by atoms with Gasteiger partial charge >= 0.3 is 23.9 Å². The van der Waals surface area contributed by atoms with E-state index in [1.54, 1.807) is 31.7 Å². The van der Waals surface area contributed by atoms with Crippen LogP contribution < -0.4 is 0 Å². The third-order valence-corrected chi connectivity index (χ3v) is 7.07. The van der Waals surface area contributed by atoms with E-state index in [1.165, 1.54) is 0 Å². The molecule has 1 aromatic carbocycles. The fourth-order valence-electron chi connectivity index (χ4n) is 4.45. The molecule has 1 heterocycles. The number of hydrogen-bond donors (Lipinski definition) is 4. The van der Waals surface area contributed by atoms with Crippen molar-refractivity contribution in [2.45, 2.75) is 23.8 Å². The van der Waals surface area contributed by atoms with Crippen molar-refractivity contribution < 1.29 is 39.6 Å². The SMILES string of the molecule is N#CSc1ccc(CCC(C(=O)O)N2CCN(CC(=O)O)CCN(CC(=O)O)CCN(CC(=O)O)CC2)cc1. The Bertz CT molecular complexity index is 987. The summed E-state index contributed by atoms with van der Waals surface area (Å²) in [5, 5.41) is 48.9. The number of benzene rings is 1. The maximum absolute atomic E-state index is 12.3. The van der Waals surface area contributed by atoms with Gasteiger partial charge in [-0.3, -0.25) is 38.8 Å². The number of hydrogen-bond acceptors (Lipinski definition) is 10. The van der Waals surface area contributed by atoms with Crippen molar-refractivity contribution in [3.05, 3.63) is 29.8 Å². The monoisotopic (exact) mass is 565 g/mol. The van der Waals surface area contributed by atoms with Crippen molar-refractivity contribution in [1.29, 1.82) is 5.26 Å². The Balaban J connectivity index is 2.22. The van der Waals surface area contributed by atoms with Gasteiger partial charge < -0.3 is 20.4 Å². The molecule has 0 bridgehead atoms. The smallest absolute Gasteiger partial charge is 0.320 e. The van der Waals surface area contributed by atoms with Gasteiger partial charge in [-0.2, -0.15) is 5.26 Å². The second-order valence-corrected chi connectivity index (χ2v) is 10.1. The Morgan fingerprint density at radius 1 is 0.744 bits per heavy atom. The highest BCUT2D eigenvalue weighted by molar-refractivity contribution is 8.03. The number of aryl methyl sites for hydroxylation is 1. The average Bonchev–Trinajstić information content (AvgIpc) is 2.85. The molecule has 1 aliphatic heterocycles. The second-order valence-electron chi connectivity index (χ2n) is 9.28. The van der Waals surface area contributed by atoms with E-state index in [0.717, 1.165) is 22.2 Å². The lowest BCUT2D eigenvalue weighted by molar-refractivity contribution is -0.145. The standard InChI is InChI=1S/C25H35N5O8S/c26-18-39-20-4-1-19(2-5-20)3-6-21(25(37)38)30-13-11-28(16-23(33)34)9-7-27(15-22(31)32)8-10-29(12-14-30)17-24(35)36/h1-2,4-5,21H,3,6-17H2,(H,31,32)(H,33,34)(H,35,36)(H,37,38). The number of thiocyanates is 1. The van der Waals surface area contributed by atoms with E-state index >= 15 is 0 Å². The highest BCUT2D eigenvalue weighted by Crippen LogP contribution is 2.19. The number of nitriles is 1. The lowest BCUT2D eigenvalue weighted by Gasteiger charge is -2.35. The fraction of sp³-hybridized carbons (Fsp3) is 0.560. The quantitative estimate of drug-likeness (QED) is 0.198. The summed E-state index contributed by atoms with van der Waals surface area (Å²) >= 11 is 1.04. The average molecular weight is 566 g/mol. The summed E-state index contributed by atoms with van der Waals surface area (Å²) in [5.41, 5.74) is 0.913. The molecule has 214 valence electrons. The molecule has 39 heavy (non-hydrogen) atoms. The molecule has 0 spiro atoms. The van der Waals surface area contributed by atoms with Crippen molar-refractivity contribution >= 4 is 35.6 Å². The van der Waals surface area contributed by atoms with Gasteiger partial charge in [0.05, 0.1) is 19.6 Å². The van der Waals surface area contributed by atoms with Gasteiger partial charge in [-0.15, -0.1) is 0 Å². The molecular formula is C25H35N5O8S. The lowest BCUT2D eigenvalue weighted by atomic mass is 10.0. The molecule has 0 radical (unpaired) electrons. The summed E-state index contributed by atoms with van der Waals surface area (Å²) in [6, 6.07) is 6.41. The van der Waals surface area contributed by atoms with Crippen LogP contribution in [0.1, 0.15) is 12.0 Å². The highest BCUT2D eigenvalue weighted by atomic mass is 32.2. The van der Waals surface area contributed by atoms with Gasteiger partial charge in [-0.1, -0.05) is 12.1 Å².